The molecule has 6 nitrogen and oxygen atoms in total. The third kappa shape index (κ3) is 3.67. The molecule has 136 valence electrons. The number of nitrogen functional groups attached to an aromatic ring is 1. The number of hydrogen-bond acceptors (Lipinski definition) is 7. The lowest BCUT2D eigenvalue weighted by atomic mass is 10.2. The van der Waals surface area contributed by atoms with Gasteiger partial charge in [0.25, 0.3) is 10.1 Å². The Balaban J connectivity index is 1.93. The SMILES string of the molecule is Nc1ccc2sc3cc(=Nc4cc(S)ccc4S(=O)(=O)O)ccc-3nc2c1. The van der Waals surface area contributed by atoms with Crippen molar-refractivity contribution in [3.8, 4) is 10.6 Å². The van der Waals surface area contributed by atoms with Crippen LogP contribution in [0, 0.1) is 0 Å². The summed E-state index contributed by atoms with van der Waals surface area (Å²) in [5.41, 5.74) is 8.19. The van der Waals surface area contributed by atoms with E-state index in [0.29, 0.717) is 15.9 Å². The Morgan fingerprint density at radius 2 is 1.89 bits per heavy atom. The van der Waals surface area contributed by atoms with E-state index in [4.69, 9.17) is 5.73 Å². The first-order valence-electron chi connectivity index (χ1n) is 7.75. The monoisotopic (exact) mass is 415 g/mol. The first-order chi connectivity index (χ1) is 12.8. The fraction of sp³-hybridized carbons (Fsp3) is 0. The fourth-order valence-corrected chi connectivity index (χ4v) is 4.44. The lowest BCUT2D eigenvalue weighted by Crippen LogP contribution is -2.04. The zero-order chi connectivity index (χ0) is 19.2. The van der Waals surface area contributed by atoms with Crippen molar-refractivity contribution in [3.05, 3.63) is 60.0 Å². The van der Waals surface area contributed by atoms with Crippen LogP contribution in [0.15, 0.2) is 69.4 Å². The molecular weight excluding hydrogens is 402 g/mol. The van der Waals surface area contributed by atoms with Gasteiger partial charge in [0.05, 0.1) is 31.8 Å². The largest absolute Gasteiger partial charge is 0.399 e. The molecule has 0 fully saturated rings. The van der Waals surface area contributed by atoms with Crippen molar-refractivity contribution in [2.45, 2.75) is 9.79 Å². The van der Waals surface area contributed by atoms with E-state index in [1.165, 1.54) is 29.5 Å². The highest BCUT2D eigenvalue weighted by molar-refractivity contribution is 7.86. The number of benzene rings is 3. The Morgan fingerprint density at radius 1 is 1.07 bits per heavy atom. The van der Waals surface area contributed by atoms with Crippen LogP contribution in [0.2, 0.25) is 0 Å². The van der Waals surface area contributed by atoms with Gasteiger partial charge in [-0.25, -0.2) is 9.98 Å². The standard InChI is InChI=1S/C18H13N3O3S3/c19-10-1-5-16-14(7-10)21-13-4-2-11(8-17(13)26-16)20-15-9-12(25)3-6-18(15)27(22,23)24/h1-9,25H,19H2,(H,22,23,24). The summed E-state index contributed by atoms with van der Waals surface area (Å²) < 4.78 is 33.6. The second-order valence-corrected chi connectivity index (χ2v) is 8.82. The minimum Gasteiger partial charge on any atom is -0.399 e. The van der Waals surface area contributed by atoms with Crippen LogP contribution in [-0.2, 0) is 10.1 Å². The van der Waals surface area contributed by atoms with Gasteiger partial charge < -0.3 is 5.73 Å². The number of hydrogen-bond donors (Lipinski definition) is 3. The van der Waals surface area contributed by atoms with Gasteiger partial charge in [0.15, 0.2) is 0 Å². The van der Waals surface area contributed by atoms with Crippen molar-refractivity contribution >= 4 is 55.7 Å². The Kier molecular flexibility index (Phi) is 4.39. The molecule has 27 heavy (non-hydrogen) atoms. The number of aromatic nitrogens is 1. The smallest absolute Gasteiger partial charge is 0.296 e. The lowest BCUT2D eigenvalue weighted by Gasteiger charge is -2.07. The second kappa shape index (κ2) is 6.61. The highest BCUT2D eigenvalue weighted by Gasteiger charge is 2.15. The van der Waals surface area contributed by atoms with Gasteiger partial charge in [-0.05, 0) is 54.6 Å². The van der Waals surface area contributed by atoms with Crippen molar-refractivity contribution in [1.29, 1.82) is 0 Å². The molecule has 0 amide bonds. The second-order valence-electron chi connectivity index (χ2n) is 5.83. The fourth-order valence-electron chi connectivity index (χ4n) is 2.65. The topological polar surface area (TPSA) is 106 Å². The average Bonchev–Trinajstić information content (AvgIpc) is 2.59. The van der Waals surface area contributed by atoms with E-state index in [1.807, 2.05) is 30.3 Å². The molecular formula is C18H13N3O3S3. The Morgan fingerprint density at radius 3 is 2.67 bits per heavy atom. The summed E-state index contributed by atoms with van der Waals surface area (Å²) in [5.74, 6) is 0. The van der Waals surface area contributed by atoms with Crippen LogP contribution in [-0.4, -0.2) is 18.0 Å². The first kappa shape index (κ1) is 17.9. The summed E-state index contributed by atoms with van der Waals surface area (Å²) in [6.45, 7) is 0. The summed E-state index contributed by atoms with van der Waals surface area (Å²) in [6, 6.07) is 15.2. The maximum atomic E-state index is 11.6. The predicted molar refractivity (Wildman–Crippen MR) is 109 cm³/mol. The summed E-state index contributed by atoms with van der Waals surface area (Å²) in [4.78, 5) is 10.1. The molecule has 9 heteroatoms. The summed E-state index contributed by atoms with van der Waals surface area (Å²) in [7, 11) is -4.40. The molecule has 0 saturated carbocycles. The molecule has 0 bridgehead atoms. The van der Waals surface area contributed by atoms with Crippen LogP contribution in [0.25, 0.3) is 20.8 Å². The van der Waals surface area contributed by atoms with E-state index in [-0.39, 0.29) is 10.6 Å². The van der Waals surface area contributed by atoms with E-state index in [2.05, 4.69) is 22.6 Å². The number of fused-ring (bicyclic) bond motifs is 2. The van der Waals surface area contributed by atoms with Gasteiger partial charge in [-0.1, -0.05) is 0 Å². The highest BCUT2D eigenvalue weighted by atomic mass is 32.2. The van der Waals surface area contributed by atoms with Crippen molar-refractivity contribution in [3.63, 3.8) is 0 Å². The van der Waals surface area contributed by atoms with Gasteiger partial charge in [-0.15, -0.1) is 24.0 Å². The number of anilines is 1. The molecule has 0 radical (unpaired) electrons. The third-order valence-electron chi connectivity index (χ3n) is 3.86. The van der Waals surface area contributed by atoms with E-state index in [1.54, 1.807) is 6.07 Å². The predicted octanol–water partition coefficient (Wildman–Crippen LogP) is 3.75. The number of nitrogens with zero attached hydrogens (tertiary/aromatic N) is 2. The molecule has 1 aliphatic heterocycles. The molecule has 1 heterocycles. The Hall–Kier alpha value is -2.46. The van der Waals surface area contributed by atoms with Crippen LogP contribution >= 0.6 is 24.0 Å². The van der Waals surface area contributed by atoms with Crippen LogP contribution in [0.1, 0.15) is 0 Å². The molecule has 1 aliphatic carbocycles. The van der Waals surface area contributed by atoms with Gasteiger partial charge in [0.2, 0.25) is 0 Å². The van der Waals surface area contributed by atoms with Crippen LogP contribution in [0.4, 0.5) is 11.4 Å². The van der Waals surface area contributed by atoms with Gasteiger partial charge in [0.1, 0.15) is 4.90 Å². The zero-order valence-corrected chi connectivity index (χ0v) is 16.2. The van der Waals surface area contributed by atoms with Crippen molar-refractivity contribution in [2.24, 2.45) is 4.99 Å². The molecule has 3 N–H and O–H groups in total. The van der Waals surface area contributed by atoms with Crippen LogP contribution < -0.4 is 11.1 Å². The number of rotatable bonds is 2. The molecule has 0 saturated heterocycles. The van der Waals surface area contributed by atoms with Gasteiger partial charge in [-0.2, -0.15) is 8.42 Å². The van der Waals surface area contributed by atoms with E-state index >= 15 is 0 Å². The highest BCUT2D eigenvalue weighted by Crippen LogP contribution is 2.31. The normalized spacial score (nSPS) is 12.7. The summed E-state index contributed by atoms with van der Waals surface area (Å²) in [5, 5.41) is 0.541. The molecule has 2 aliphatic rings. The number of nitrogens with two attached hydrogens (primary N) is 1. The van der Waals surface area contributed by atoms with Gasteiger partial charge in [-0.3, -0.25) is 4.55 Å². The van der Waals surface area contributed by atoms with Crippen molar-refractivity contribution < 1.29 is 13.0 Å². The molecule has 2 aromatic rings. The minimum atomic E-state index is -4.40. The first-order valence-corrected chi connectivity index (χ1v) is 10.5. The minimum absolute atomic E-state index is 0.121. The number of thiol groups is 1. The van der Waals surface area contributed by atoms with Gasteiger partial charge >= 0.3 is 0 Å². The lowest BCUT2D eigenvalue weighted by molar-refractivity contribution is 0.483. The summed E-state index contributed by atoms with van der Waals surface area (Å²) in [6.07, 6.45) is 0. The average molecular weight is 416 g/mol. The molecule has 0 spiro atoms. The molecule has 0 aromatic heterocycles. The molecule has 2 aromatic carbocycles. The quantitative estimate of drug-likeness (QED) is 0.200. The van der Waals surface area contributed by atoms with Crippen molar-refractivity contribution in [2.75, 3.05) is 5.73 Å². The third-order valence-corrected chi connectivity index (χ3v) is 6.15. The van der Waals surface area contributed by atoms with E-state index in [9.17, 15) is 13.0 Å². The van der Waals surface area contributed by atoms with E-state index < -0.39 is 10.1 Å². The maximum Gasteiger partial charge on any atom is 0.296 e. The molecule has 0 unspecified atom stereocenters. The Bertz CT molecular complexity index is 1330. The van der Waals surface area contributed by atoms with Crippen LogP contribution in [0.3, 0.4) is 0 Å². The summed E-state index contributed by atoms with van der Waals surface area (Å²) >= 11 is 5.75. The molecule has 4 rings (SSSR count). The van der Waals surface area contributed by atoms with Crippen molar-refractivity contribution in [1.82, 2.24) is 4.98 Å². The zero-order valence-electron chi connectivity index (χ0n) is 13.7. The van der Waals surface area contributed by atoms with Gasteiger partial charge in [0, 0.05) is 10.6 Å². The molecule has 0 atom stereocenters. The Labute approximate surface area is 164 Å². The van der Waals surface area contributed by atoms with E-state index in [0.717, 1.165) is 20.8 Å². The van der Waals surface area contributed by atoms with Crippen LogP contribution in [0.5, 0.6) is 0 Å². The maximum absolute atomic E-state index is 11.6.